The molecule has 1 aliphatic rings. The Morgan fingerprint density at radius 3 is 2.82 bits per heavy atom. The van der Waals surface area contributed by atoms with Gasteiger partial charge in [0.25, 0.3) is 5.95 Å². The normalized spacial score (nSPS) is 15.2. The molecule has 0 saturated carbocycles. The molecule has 2 aromatic heterocycles. The van der Waals surface area contributed by atoms with Crippen LogP contribution in [0.3, 0.4) is 0 Å². The third kappa shape index (κ3) is 3.69. The summed E-state index contributed by atoms with van der Waals surface area (Å²) < 4.78 is 34.7. The molecule has 0 bridgehead atoms. The van der Waals surface area contributed by atoms with E-state index < -0.39 is 17.6 Å². The Labute approximate surface area is 187 Å². The molecule has 1 amide bonds. The van der Waals surface area contributed by atoms with Crippen molar-refractivity contribution in [3.05, 3.63) is 77.1 Å². The van der Waals surface area contributed by atoms with Gasteiger partial charge in [0.2, 0.25) is 5.91 Å². The van der Waals surface area contributed by atoms with Crippen LogP contribution in [0.1, 0.15) is 29.2 Å². The molecule has 1 aliphatic heterocycles. The number of hydrogen-bond acceptors (Lipinski definition) is 6. The number of rotatable bonds is 4. The van der Waals surface area contributed by atoms with Gasteiger partial charge in [-0.1, -0.05) is 18.2 Å². The van der Waals surface area contributed by atoms with Crippen molar-refractivity contribution < 1.29 is 18.3 Å². The van der Waals surface area contributed by atoms with E-state index in [0.717, 1.165) is 11.6 Å². The number of benzene rings is 2. The second-order valence-electron chi connectivity index (χ2n) is 7.60. The zero-order valence-corrected chi connectivity index (χ0v) is 17.7. The maximum Gasteiger partial charge on any atom is 0.272 e. The third-order valence-corrected chi connectivity index (χ3v) is 5.54. The summed E-state index contributed by atoms with van der Waals surface area (Å²) in [7, 11) is 1.57. The highest BCUT2D eigenvalue weighted by atomic mass is 19.1. The zero-order chi connectivity index (χ0) is 23.1. The molecule has 0 saturated heterocycles. The quantitative estimate of drug-likeness (QED) is 0.510. The standard InChI is InChI=1S/C23H18F2N6O2/c1-12-21-17(16-7-6-14(24)9-18(16)25)10-20(32)28-22(21)31(30-12)23-27-19(11-26-29-23)13-4-3-5-15(8-13)33-2/h3-9,11,17H,10H2,1-2H3,(H,28,32)/t17-/m0/s1. The molecule has 3 heterocycles. The van der Waals surface area contributed by atoms with E-state index in [1.807, 2.05) is 24.3 Å². The lowest BCUT2D eigenvalue weighted by molar-refractivity contribution is -0.116. The van der Waals surface area contributed by atoms with Crippen LogP contribution in [0.25, 0.3) is 17.2 Å². The highest BCUT2D eigenvalue weighted by Crippen LogP contribution is 2.40. The van der Waals surface area contributed by atoms with Crippen LogP contribution >= 0.6 is 0 Å². The number of aryl methyl sites for hydroxylation is 1. The Morgan fingerprint density at radius 1 is 1.18 bits per heavy atom. The number of carbonyl (C=O) groups is 1. The molecular formula is C23H18F2N6O2. The fourth-order valence-electron chi connectivity index (χ4n) is 4.05. The molecule has 2 aromatic carbocycles. The van der Waals surface area contributed by atoms with Crippen LogP contribution in [-0.4, -0.2) is 38.0 Å². The lowest BCUT2D eigenvalue weighted by Gasteiger charge is -2.24. The minimum Gasteiger partial charge on any atom is -0.497 e. The van der Waals surface area contributed by atoms with Gasteiger partial charge in [0.15, 0.2) is 0 Å². The SMILES string of the molecule is COc1cccc(-c2cnnc(-n3nc(C)c4c3NC(=O)C[C@H]4c3ccc(F)cc3F)n2)c1. The van der Waals surface area contributed by atoms with Gasteiger partial charge < -0.3 is 10.1 Å². The van der Waals surface area contributed by atoms with Crippen molar-refractivity contribution >= 4 is 11.7 Å². The summed E-state index contributed by atoms with van der Waals surface area (Å²) >= 11 is 0. The van der Waals surface area contributed by atoms with Crippen LogP contribution in [0, 0.1) is 18.6 Å². The first-order chi connectivity index (χ1) is 15.9. The van der Waals surface area contributed by atoms with E-state index in [1.54, 1.807) is 14.0 Å². The van der Waals surface area contributed by atoms with Gasteiger partial charge in [-0.3, -0.25) is 4.79 Å². The number of ether oxygens (including phenoxy) is 1. The zero-order valence-electron chi connectivity index (χ0n) is 17.7. The first kappa shape index (κ1) is 20.7. The monoisotopic (exact) mass is 448 g/mol. The number of nitrogens with zero attached hydrogens (tertiary/aromatic N) is 5. The number of fused-ring (bicyclic) bond motifs is 1. The van der Waals surface area contributed by atoms with Crippen molar-refractivity contribution in [3.63, 3.8) is 0 Å². The summed E-state index contributed by atoms with van der Waals surface area (Å²) in [6.07, 6.45) is 1.52. The van der Waals surface area contributed by atoms with E-state index in [0.29, 0.717) is 28.5 Å². The fourth-order valence-corrected chi connectivity index (χ4v) is 4.05. The predicted molar refractivity (Wildman–Crippen MR) is 115 cm³/mol. The van der Waals surface area contributed by atoms with Crippen LogP contribution in [0.15, 0.2) is 48.7 Å². The van der Waals surface area contributed by atoms with Crippen LogP contribution < -0.4 is 10.1 Å². The molecule has 0 unspecified atom stereocenters. The van der Waals surface area contributed by atoms with E-state index in [-0.39, 0.29) is 23.8 Å². The van der Waals surface area contributed by atoms with Crippen molar-refractivity contribution in [1.29, 1.82) is 0 Å². The Kier molecular flexibility index (Phi) is 5.04. The number of carbonyl (C=O) groups excluding carboxylic acids is 1. The van der Waals surface area contributed by atoms with Gasteiger partial charge >= 0.3 is 0 Å². The molecule has 1 atom stereocenters. The summed E-state index contributed by atoms with van der Waals surface area (Å²) in [5.74, 6) is -1.21. The lowest BCUT2D eigenvalue weighted by atomic mass is 9.85. The van der Waals surface area contributed by atoms with Crippen LogP contribution in [0.5, 0.6) is 5.75 Å². The van der Waals surface area contributed by atoms with E-state index in [4.69, 9.17) is 4.74 Å². The molecule has 8 nitrogen and oxygen atoms in total. The average Bonchev–Trinajstić information content (AvgIpc) is 3.15. The molecule has 0 aliphatic carbocycles. The summed E-state index contributed by atoms with van der Waals surface area (Å²) in [6, 6.07) is 10.7. The number of anilines is 1. The van der Waals surface area contributed by atoms with Gasteiger partial charge in [-0.05, 0) is 30.7 Å². The first-order valence-electron chi connectivity index (χ1n) is 10.1. The van der Waals surface area contributed by atoms with Crippen LogP contribution in [-0.2, 0) is 4.79 Å². The number of amides is 1. The molecule has 5 rings (SSSR count). The van der Waals surface area contributed by atoms with Crippen LogP contribution in [0.4, 0.5) is 14.6 Å². The van der Waals surface area contributed by atoms with Gasteiger partial charge in [-0.25, -0.2) is 13.8 Å². The Morgan fingerprint density at radius 2 is 2.03 bits per heavy atom. The largest absolute Gasteiger partial charge is 0.497 e. The van der Waals surface area contributed by atoms with Gasteiger partial charge in [0.05, 0.1) is 24.7 Å². The van der Waals surface area contributed by atoms with Crippen molar-refractivity contribution in [2.75, 3.05) is 12.4 Å². The Bertz CT molecular complexity index is 1390. The number of nitrogens with one attached hydrogen (secondary N) is 1. The Balaban J connectivity index is 1.61. The number of aromatic nitrogens is 5. The minimum atomic E-state index is -0.717. The molecular weight excluding hydrogens is 430 g/mol. The molecule has 0 spiro atoms. The molecule has 0 radical (unpaired) electrons. The first-order valence-corrected chi connectivity index (χ1v) is 10.1. The molecule has 4 aromatic rings. The fraction of sp³-hybridized carbons (Fsp3) is 0.174. The summed E-state index contributed by atoms with van der Waals surface area (Å²) in [4.78, 5) is 17.1. The van der Waals surface area contributed by atoms with Gasteiger partial charge in [-0.15, -0.1) is 5.10 Å². The molecule has 33 heavy (non-hydrogen) atoms. The molecule has 0 fully saturated rings. The highest BCUT2D eigenvalue weighted by molar-refractivity contribution is 5.95. The van der Waals surface area contributed by atoms with E-state index in [9.17, 15) is 13.6 Å². The number of methoxy groups -OCH3 is 1. The minimum absolute atomic E-state index is 0.00500. The van der Waals surface area contributed by atoms with Gasteiger partial charge in [0, 0.05) is 29.5 Å². The smallest absolute Gasteiger partial charge is 0.272 e. The van der Waals surface area contributed by atoms with Crippen molar-refractivity contribution in [2.45, 2.75) is 19.3 Å². The highest BCUT2D eigenvalue weighted by Gasteiger charge is 2.34. The number of hydrogen-bond donors (Lipinski definition) is 1. The van der Waals surface area contributed by atoms with E-state index in [2.05, 4.69) is 25.6 Å². The lowest BCUT2D eigenvalue weighted by Crippen LogP contribution is -2.25. The third-order valence-electron chi connectivity index (χ3n) is 5.54. The van der Waals surface area contributed by atoms with Gasteiger partial charge in [-0.2, -0.15) is 14.9 Å². The van der Waals surface area contributed by atoms with E-state index >= 15 is 0 Å². The molecule has 10 heteroatoms. The predicted octanol–water partition coefficient (Wildman–Crippen LogP) is 3.79. The van der Waals surface area contributed by atoms with Crippen molar-refractivity contribution in [1.82, 2.24) is 25.0 Å². The van der Waals surface area contributed by atoms with Crippen molar-refractivity contribution in [2.24, 2.45) is 0 Å². The van der Waals surface area contributed by atoms with Gasteiger partial charge in [0.1, 0.15) is 23.2 Å². The summed E-state index contributed by atoms with van der Waals surface area (Å²) in [5, 5.41) is 15.4. The molecule has 1 N–H and O–H groups in total. The average molecular weight is 448 g/mol. The number of halogens is 2. The topological polar surface area (TPSA) is 94.8 Å². The van der Waals surface area contributed by atoms with E-state index in [1.165, 1.54) is 23.0 Å². The maximum atomic E-state index is 14.6. The van der Waals surface area contributed by atoms with Crippen molar-refractivity contribution in [3.8, 4) is 23.0 Å². The second-order valence-corrected chi connectivity index (χ2v) is 7.60. The molecule has 166 valence electrons. The second kappa shape index (κ2) is 8.05. The van der Waals surface area contributed by atoms with Crippen LogP contribution in [0.2, 0.25) is 0 Å². The summed E-state index contributed by atoms with van der Waals surface area (Å²) in [6.45, 7) is 1.75. The maximum absolute atomic E-state index is 14.6. The summed E-state index contributed by atoms with van der Waals surface area (Å²) in [5.41, 5.74) is 2.70. The Hall–Kier alpha value is -4.21.